The summed E-state index contributed by atoms with van der Waals surface area (Å²) in [6.07, 6.45) is 0.461. The van der Waals surface area contributed by atoms with E-state index in [9.17, 15) is 4.79 Å². The van der Waals surface area contributed by atoms with Crippen molar-refractivity contribution in [3.05, 3.63) is 35.9 Å². The van der Waals surface area contributed by atoms with Crippen LogP contribution in [0, 0.1) is 0 Å². The van der Waals surface area contributed by atoms with Gasteiger partial charge in [0.25, 0.3) is 0 Å². The maximum atomic E-state index is 11.0. The number of rotatable bonds is 2. The molecule has 0 spiro atoms. The third-order valence-electron chi connectivity index (χ3n) is 3.25. The van der Waals surface area contributed by atoms with Gasteiger partial charge in [-0.1, -0.05) is 30.3 Å². The molecule has 86 valence electrons. The zero-order valence-corrected chi connectivity index (χ0v) is 9.26. The molecule has 1 aliphatic heterocycles. The molecule has 1 aliphatic rings. The largest absolute Gasteiger partial charge is 0.480 e. The molecule has 2 rings (SSSR count). The number of carbonyl (C=O) groups is 1. The molecule has 2 atom stereocenters. The molecule has 1 saturated heterocycles. The second kappa shape index (κ2) is 3.88. The van der Waals surface area contributed by atoms with Gasteiger partial charge in [0, 0.05) is 6.54 Å². The Bertz CT molecular complexity index is 393. The maximum absolute atomic E-state index is 11.0. The molecular weight excluding hydrogens is 204 g/mol. The second-order valence-electron chi connectivity index (χ2n) is 4.50. The van der Waals surface area contributed by atoms with Crippen LogP contribution in [0.2, 0.25) is 0 Å². The molecule has 0 radical (unpaired) electrons. The zero-order chi connectivity index (χ0) is 11.8. The van der Waals surface area contributed by atoms with Gasteiger partial charge in [0.2, 0.25) is 0 Å². The first-order valence-corrected chi connectivity index (χ1v) is 5.30. The lowest BCUT2D eigenvalue weighted by atomic mass is 9.88. The Labute approximate surface area is 94.7 Å². The van der Waals surface area contributed by atoms with Crippen LogP contribution in [0.1, 0.15) is 12.0 Å². The number of nitrogens with zero attached hydrogens (tertiary/aromatic N) is 1. The quantitative estimate of drug-likeness (QED) is 0.767. The summed E-state index contributed by atoms with van der Waals surface area (Å²) in [5, 5.41) is 9.07. The van der Waals surface area contributed by atoms with Gasteiger partial charge in [0.15, 0.2) is 0 Å². The summed E-state index contributed by atoms with van der Waals surface area (Å²) in [6.45, 7) is 0.577. The lowest BCUT2D eigenvalue weighted by Crippen LogP contribution is -2.38. The van der Waals surface area contributed by atoms with Crippen molar-refractivity contribution in [2.45, 2.75) is 18.0 Å². The van der Waals surface area contributed by atoms with Crippen molar-refractivity contribution in [3.63, 3.8) is 0 Å². The molecule has 4 heteroatoms. The van der Waals surface area contributed by atoms with Crippen molar-refractivity contribution >= 4 is 5.97 Å². The van der Waals surface area contributed by atoms with Crippen LogP contribution in [0.4, 0.5) is 0 Å². The molecule has 16 heavy (non-hydrogen) atoms. The van der Waals surface area contributed by atoms with Crippen LogP contribution in [-0.2, 0) is 10.3 Å². The number of nitrogens with two attached hydrogens (primary N) is 1. The van der Waals surface area contributed by atoms with Crippen LogP contribution in [-0.4, -0.2) is 35.6 Å². The number of carboxylic acids is 1. The van der Waals surface area contributed by atoms with E-state index in [1.165, 1.54) is 0 Å². The molecule has 0 aliphatic carbocycles. The number of carboxylic acid groups (broad SMARTS) is 1. The number of hydrogen-bond acceptors (Lipinski definition) is 3. The minimum absolute atomic E-state index is 0.461. The van der Waals surface area contributed by atoms with Crippen LogP contribution in [0.3, 0.4) is 0 Å². The monoisotopic (exact) mass is 220 g/mol. The predicted molar refractivity (Wildman–Crippen MR) is 61.0 cm³/mol. The highest BCUT2D eigenvalue weighted by Gasteiger charge is 2.43. The Morgan fingerprint density at radius 3 is 2.62 bits per heavy atom. The summed E-state index contributed by atoms with van der Waals surface area (Å²) in [7, 11) is 1.80. The average molecular weight is 220 g/mol. The predicted octanol–water partition coefficient (Wildman–Crippen LogP) is 0.629. The summed E-state index contributed by atoms with van der Waals surface area (Å²) in [5.41, 5.74) is 6.76. The number of benzene rings is 1. The summed E-state index contributed by atoms with van der Waals surface area (Å²) in [4.78, 5) is 12.8. The summed E-state index contributed by atoms with van der Waals surface area (Å²) in [5.74, 6) is -0.800. The van der Waals surface area contributed by atoms with Gasteiger partial charge in [-0.15, -0.1) is 0 Å². The van der Waals surface area contributed by atoms with Crippen molar-refractivity contribution in [1.29, 1.82) is 0 Å². The minimum Gasteiger partial charge on any atom is -0.480 e. The van der Waals surface area contributed by atoms with Crippen LogP contribution >= 0.6 is 0 Å². The fraction of sp³-hybridized carbons (Fsp3) is 0.417. The Balaban J connectivity index is 2.26. The van der Waals surface area contributed by atoms with Gasteiger partial charge in [0.1, 0.15) is 6.04 Å². The number of likely N-dealkylation sites (N-methyl/N-ethyl adjacent to an activating group) is 1. The first kappa shape index (κ1) is 11.1. The minimum atomic E-state index is -0.800. The van der Waals surface area contributed by atoms with E-state index >= 15 is 0 Å². The van der Waals surface area contributed by atoms with E-state index in [0.29, 0.717) is 13.0 Å². The molecule has 1 aromatic carbocycles. The molecule has 3 N–H and O–H groups in total. The zero-order valence-electron chi connectivity index (χ0n) is 9.26. The SMILES string of the molecule is CN1CC(N)(c2ccccc2)CC1C(=O)O. The fourth-order valence-corrected chi connectivity index (χ4v) is 2.38. The van der Waals surface area contributed by atoms with Crippen LogP contribution in [0.15, 0.2) is 30.3 Å². The molecule has 1 heterocycles. The van der Waals surface area contributed by atoms with Crippen molar-refractivity contribution in [2.24, 2.45) is 5.73 Å². The van der Waals surface area contributed by atoms with E-state index in [0.717, 1.165) is 5.56 Å². The molecule has 1 fully saturated rings. The lowest BCUT2D eigenvalue weighted by Gasteiger charge is -2.23. The highest BCUT2D eigenvalue weighted by molar-refractivity contribution is 5.74. The van der Waals surface area contributed by atoms with Gasteiger partial charge in [-0.05, 0) is 19.0 Å². The molecule has 2 unspecified atom stereocenters. The van der Waals surface area contributed by atoms with E-state index in [4.69, 9.17) is 10.8 Å². The van der Waals surface area contributed by atoms with Crippen LogP contribution in [0.5, 0.6) is 0 Å². The first-order valence-electron chi connectivity index (χ1n) is 5.30. The van der Waals surface area contributed by atoms with E-state index in [1.54, 1.807) is 11.9 Å². The third kappa shape index (κ3) is 1.81. The highest BCUT2D eigenvalue weighted by Crippen LogP contribution is 2.32. The second-order valence-corrected chi connectivity index (χ2v) is 4.50. The Hall–Kier alpha value is -1.39. The smallest absolute Gasteiger partial charge is 0.320 e. The van der Waals surface area contributed by atoms with Gasteiger partial charge in [0.05, 0.1) is 5.54 Å². The highest BCUT2D eigenvalue weighted by atomic mass is 16.4. The van der Waals surface area contributed by atoms with Gasteiger partial charge in [-0.3, -0.25) is 9.69 Å². The van der Waals surface area contributed by atoms with Gasteiger partial charge >= 0.3 is 5.97 Å². The molecule has 4 nitrogen and oxygen atoms in total. The van der Waals surface area contributed by atoms with E-state index in [1.807, 2.05) is 30.3 Å². The third-order valence-corrected chi connectivity index (χ3v) is 3.25. The average Bonchev–Trinajstić information content (AvgIpc) is 2.57. The fourth-order valence-electron chi connectivity index (χ4n) is 2.38. The van der Waals surface area contributed by atoms with Gasteiger partial charge in [-0.25, -0.2) is 0 Å². The van der Waals surface area contributed by atoms with Crippen LogP contribution in [0.25, 0.3) is 0 Å². The van der Waals surface area contributed by atoms with Crippen LogP contribution < -0.4 is 5.73 Å². The number of aliphatic carboxylic acids is 1. The summed E-state index contributed by atoms with van der Waals surface area (Å²) in [6, 6.07) is 9.22. The first-order chi connectivity index (χ1) is 7.53. The Morgan fingerprint density at radius 1 is 1.50 bits per heavy atom. The van der Waals surface area contributed by atoms with E-state index in [2.05, 4.69) is 0 Å². The molecule has 1 aromatic rings. The summed E-state index contributed by atoms with van der Waals surface area (Å²) < 4.78 is 0. The van der Waals surface area contributed by atoms with Gasteiger partial charge in [-0.2, -0.15) is 0 Å². The molecule has 0 aromatic heterocycles. The Kier molecular flexibility index (Phi) is 2.69. The molecule has 0 amide bonds. The number of likely N-dealkylation sites (tertiary alicyclic amines) is 1. The standard InChI is InChI=1S/C12H16N2O2/c1-14-8-12(13,7-10(14)11(15)16)9-5-3-2-4-6-9/h2-6,10H,7-8,13H2,1H3,(H,15,16). The van der Waals surface area contributed by atoms with Crippen molar-refractivity contribution in [3.8, 4) is 0 Å². The van der Waals surface area contributed by atoms with E-state index in [-0.39, 0.29) is 0 Å². The lowest BCUT2D eigenvalue weighted by molar-refractivity contribution is -0.141. The Morgan fingerprint density at radius 2 is 2.12 bits per heavy atom. The summed E-state index contributed by atoms with van der Waals surface area (Å²) >= 11 is 0. The van der Waals surface area contributed by atoms with Crippen molar-refractivity contribution in [2.75, 3.05) is 13.6 Å². The maximum Gasteiger partial charge on any atom is 0.320 e. The number of hydrogen-bond donors (Lipinski definition) is 2. The normalized spacial score (nSPS) is 30.5. The molecular formula is C12H16N2O2. The molecule has 0 saturated carbocycles. The topological polar surface area (TPSA) is 66.6 Å². The van der Waals surface area contributed by atoms with E-state index < -0.39 is 17.6 Å². The van der Waals surface area contributed by atoms with Gasteiger partial charge < -0.3 is 10.8 Å². The van der Waals surface area contributed by atoms with Crippen molar-refractivity contribution < 1.29 is 9.90 Å². The van der Waals surface area contributed by atoms with Crippen molar-refractivity contribution in [1.82, 2.24) is 4.90 Å². The molecule has 0 bridgehead atoms.